The van der Waals surface area contributed by atoms with Crippen LogP contribution >= 0.6 is 0 Å². The minimum Gasteiger partial charge on any atom is -0.390 e. The average molecular weight is 208 g/mol. The van der Waals surface area contributed by atoms with E-state index in [0.717, 1.165) is 0 Å². The second kappa shape index (κ2) is 5.41. The standard InChI is InChI=1S/C10H12N2O3/c11-5-4-9(14)10(15)8-3-1-2-7(6-13)12-8/h1-3,9-10,13-15H,4,6H2. The molecule has 1 heterocycles. The molecule has 5 heteroatoms. The van der Waals surface area contributed by atoms with Crippen LogP contribution in [0, 0.1) is 11.3 Å². The number of aliphatic hydroxyl groups excluding tert-OH is 3. The highest BCUT2D eigenvalue weighted by Gasteiger charge is 2.19. The first kappa shape index (κ1) is 11.6. The summed E-state index contributed by atoms with van der Waals surface area (Å²) >= 11 is 0. The fraction of sp³-hybridized carbons (Fsp3) is 0.400. The van der Waals surface area contributed by atoms with Crippen molar-refractivity contribution >= 4 is 0 Å². The highest BCUT2D eigenvalue weighted by atomic mass is 16.3. The minimum atomic E-state index is -1.20. The number of nitrogens with zero attached hydrogens (tertiary/aromatic N) is 2. The molecule has 0 radical (unpaired) electrons. The molecule has 0 fully saturated rings. The average Bonchev–Trinajstić information content (AvgIpc) is 2.28. The van der Waals surface area contributed by atoms with Gasteiger partial charge in [0.25, 0.3) is 0 Å². The van der Waals surface area contributed by atoms with Gasteiger partial charge in [-0.2, -0.15) is 5.26 Å². The van der Waals surface area contributed by atoms with Gasteiger partial charge in [-0.3, -0.25) is 4.98 Å². The Balaban J connectivity index is 2.81. The van der Waals surface area contributed by atoms with Gasteiger partial charge in [-0.1, -0.05) is 6.07 Å². The van der Waals surface area contributed by atoms with Crippen LogP contribution in [0.4, 0.5) is 0 Å². The lowest BCUT2D eigenvalue weighted by molar-refractivity contribution is 0.0188. The fourth-order valence-electron chi connectivity index (χ4n) is 1.15. The van der Waals surface area contributed by atoms with Crippen molar-refractivity contribution in [2.24, 2.45) is 0 Å². The van der Waals surface area contributed by atoms with Gasteiger partial charge in [0.05, 0.1) is 36.6 Å². The Kier molecular flexibility index (Phi) is 4.18. The molecule has 5 nitrogen and oxygen atoms in total. The van der Waals surface area contributed by atoms with E-state index < -0.39 is 12.2 Å². The van der Waals surface area contributed by atoms with Crippen LogP contribution in [0.15, 0.2) is 18.2 Å². The maximum Gasteiger partial charge on any atom is 0.123 e. The van der Waals surface area contributed by atoms with Crippen LogP contribution in [0.2, 0.25) is 0 Å². The maximum absolute atomic E-state index is 9.59. The molecule has 0 bridgehead atoms. The van der Waals surface area contributed by atoms with Crippen molar-refractivity contribution < 1.29 is 15.3 Å². The number of aliphatic hydroxyl groups is 3. The molecule has 1 rings (SSSR count). The van der Waals surface area contributed by atoms with Crippen molar-refractivity contribution in [3.05, 3.63) is 29.6 Å². The first-order chi connectivity index (χ1) is 7.19. The molecule has 2 unspecified atom stereocenters. The Morgan fingerprint density at radius 1 is 1.40 bits per heavy atom. The van der Waals surface area contributed by atoms with E-state index in [0.29, 0.717) is 5.69 Å². The number of nitriles is 1. The van der Waals surface area contributed by atoms with E-state index in [2.05, 4.69) is 4.98 Å². The topological polar surface area (TPSA) is 97.4 Å². The SMILES string of the molecule is N#CCC(O)C(O)c1cccc(CO)n1. The number of hydrogen-bond acceptors (Lipinski definition) is 5. The van der Waals surface area contributed by atoms with E-state index in [1.54, 1.807) is 18.2 Å². The Bertz CT molecular complexity index is 362. The van der Waals surface area contributed by atoms with Gasteiger partial charge in [0.15, 0.2) is 0 Å². The van der Waals surface area contributed by atoms with Gasteiger partial charge in [-0.05, 0) is 12.1 Å². The zero-order chi connectivity index (χ0) is 11.3. The summed E-state index contributed by atoms with van der Waals surface area (Å²) in [5.74, 6) is 0. The number of hydrogen-bond donors (Lipinski definition) is 3. The predicted molar refractivity (Wildman–Crippen MR) is 51.4 cm³/mol. The summed E-state index contributed by atoms with van der Waals surface area (Å²) in [7, 11) is 0. The highest BCUT2D eigenvalue weighted by molar-refractivity contribution is 5.14. The van der Waals surface area contributed by atoms with E-state index in [1.165, 1.54) is 6.07 Å². The number of aromatic nitrogens is 1. The largest absolute Gasteiger partial charge is 0.390 e. The molecule has 3 N–H and O–H groups in total. The molecule has 80 valence electrons. The summed E-state index contributed by atoms with van der Waals surface area (Å²) in [5, 5.41) is 36.1. The molecule has 0 aliphatic heterocycles. The number of rotatable bonds is 4. The Morgan fingerprint density at radius 3 is 2.73 bits per heavy atom. The van der Waals surface area contributed by atoms with Crippen LogP contribution in [-0.2, 0) is 6.61 Å². The molecule has 15 heavy (non-hydrogen) atoms. The van der Waals surface area contributed by atoms with Crippen LogP contribution < -0.4 is 0 Å². The molecule has 0 amide bonds. The summed E-state index contributed by atoms with van der Waals surface area (Å²) in [6.07, 6.45) is -2.51. The van der Waals surface area contributed by atoms with Crippen LogP contribution in [0.1, 0.15) is 23.9 Å². The molecule has 1 aromatic heterocycles. The third kappa shape index (κ3) is 2.99. The monoisotopic (exact) mass is 208 g/mol. The van der Waals surface area contributed by atoms with Crippen molar-refractivity contribution in [3.63, 3.8) is 0 Å². The zero-order valence-electron chi connectivity index (χ0n) is 8.04. The molecule has 0 aliphatic carbocycles. The first-order valence-corrected chi connectivity index (χ1v) is 4.48. The summed E-state index contributed by atoms with van der Waals surface area (Å²) < 4.78 is 0. The van der Waals surface area contributed by atoms with E-state index >= 15 is 0 Å². The van der Waals surface area contributed by atoms with Gasteiger partial charge in [0.1, 0.15) is 6.10 Å². The zero-order valence-corrected chi connectivity index (χ0v) is 8.04. The van der Waals surface area contributed by atoms with Gasteiger partial charge in [-0.25, -0.2) is 0 Å². The summed E-state index contributed by atoms with van der Waals surface area (Å²) in [6, 6.07) is 6.52. The lowest BCUT2D eigenvalue weighted by Gasteiger charge is -2.14. The highest BCUT2D eigenvalue weighted by Crippen LogP contribution is 2.16. The molecular weight excluding hydrogens is 196 g/mol. The van der Waals surface area contributed by atoms with Gasteiger partial charge in [0.2, 0.25) is 0 Å². The molecule has 0 aromatic carbocycles. The van der Waals surface area contributed by atoms with Gasteiger partial charge < -0.3 is 15.3 Å². The van der Waals surface area contributed by atoms with Gasteiger partial charge >= 0.3 is 0 Å². The quantitative estimate of drug-likeness (QED) is 0.641. The molecule has 1 aromatic rings. The van der Waals surface area contributed by atoms with Crippen LogP contribution in [0.25, 0.3) is 0 Å². The normalized spacial score (nSPS) is 14.3. The smallest absolute Gasteiger partial charge is 0.123 e. The Hall–Kier alpha value is -1.48. The number of pyridine rings is 1. The Morgan fingerprint density at radius 2 is 2.13 bits per heavy atom. The van der Waals surface area contributed by atoms with E-state index in [9.17, 15) is 10.2 Å². The second-order valence-electron chi connectivity index (χ2n) is 3.09. The molecule has 0 aliphatic rings. The van der Waals surface area contributed by atoms with E-state index in [1.807, 2.05) is 0 Å². The molecular formula is C10H12N2O3. The molecule has 0 spiro atoms. The van der Waals surface area contributed by atoms with Crippen LogP contribution in [-0.4, -0.2) is 26.4 Å². The predicted octanol–water partition coefficient (Wildman–Crippen LogP) is -0.118. The van der Waals surface area contributed by atoms with Gasteiger partial charge in [0, 0.05) is 0 Å². The minimum absolute atomic E-state index is 0.161. The molecule has 2 atom stereocenters. The van der Waals surface area contributed by atoms with Crippen molar-refractivity contribution in [1.29, 1.82) is 5.26 Å². The third-order valence-corrected chi connectivity index (χ3v) is 1.96. The summed E-state index contributed by atoms with van der Waals surface area (Å²) in [5.41, 5.74) is 0.667. The van der Waals surface area contributed by atoms with Crippen molar-refractivity contribution in [3.8, 4) is 6.07 Å². The second-order valence-corrected chi connectivity index (χ2v) is 3.09. The first-order valence-electron chi connectivity index (χ1n) is 4.48. The summed E-state index contributed by atoms with van der Waals surface area (Å²) in [6.45, 7) is -0.227. The van der Waals surface area contributed by atoms with Crippen LogP contribution in [0.5, 0.6) is 0 Å². The van der Waals surface area contributed by atoms with Crippen molar-refractivity contribution in [1.82, 2.24) is 4.98 Å². The maximum atomic E-state index is 9.59. The van der Waals surface area contributed by atoms with Crippen molar-refractivity contribution in [2.75, 3.05) is 0 Å². The van der Waals surface area contributed by atoms with Crippen LogP contribution in [0.3, 0.4) is 0 Å². The lowest BCUT2D eigenvalue weighted by atomic mass is 10.1. The Labute approximate surface area is 87.3 Å². The molecule has 0 saturated carbocycles. The van der Waals surface area contributed by atoms with E-state index in [4.69, 9.17) is 10.4 Å². The molecule has 0 saturated heterocycles. The van der Waals surface area contributed by atoms with Crippen molar-refractivity contribution in [2.45, 2.75) is 25.2 Å². The van der Waals surface area contributed by atoms with E-state index in [-0.39, 0.29) is 18.7 Å². The third-order valence-electron chi connectivity index (χ3n) is 1.96. The lowest BCUT2D eigenvalue weighted by Crippen LogP contribution is -2.18. The fourth-order valence-corrected chi connectivity index (χ4v) is 1.15. The summed E-state index contributed by atoms with van der Waals surface area (Å²) in [4.78, 5) is 3.93. The van der Waals surface area contributed by atoms with Gasteiger partial charge in [-0.15, -0.1) is 0 Å².